The number of aromatic hydroxyl groups is 1. The van der Waals surface area contributed by atoms with Gasteiger partial charge < -0.3 is 15.7 Å². The van der Waals surface area contributed by atoms with Crippen molar-refractivity contribution in [3.63, 3.8) is 0 Å². The first-order chi connectivity index (χ1) is 9.82. The van der Waals surface area contributed by atoms with Crippen molar-refractivity contribution in [3.8, 4) is 5.75 Å². The Labute approximate surface area is 120 Å². The minimum atomic E-state index is -1.70. The lowest BCUT2D eigenvalue weighted by atomic mass is 9.92. The Bertz CT molecular complexity index is 564. The van der Waals surface area contributed by atoms with E-state index in [9.17, 15) is 23.1 Å². The van der Waals surface area contributed by atoms with E-state index in [1.54, 1.807) is 0 Å². The number of nitrogens with zero attached hydrogens (tertiary/aromatic N) is 1. The standard InChI is InChI=1S/C14H17F3N2O2/c1-7(18)8-3-2-4-19(6-8)14(21)9-5-10(15)12(17)13(20)11(9)16/h5,7-8,20H,2-4,6,18H2,1H3. The predicted molar refractivity (Wildman–Crippen MR) is 70.3 cm³/mol. The minimum absolute atomic E-state index is 0.0738. The van der Waals surface area contributed by atoms with Crippen molar-refractivity contribution in [3.05, 3.63) is 29.1 Å². The summed E-state index contributed by atoms with van der Waals surface area (Å²) in [6.45, 7) is 2.54. The van der Waals surface area contributed by atoms with E-state index >= 15 is 0 Å². The van der Waals surface area contributed by atoms with Crippen LogP contribution in [0.1, 0.15) is 30.1 Å². The fourth-order valence-corrected chi connectivity index (χ4v) is 2.54. The smallest absolute Gasteiger partial charge is 0.257 e. The molecule has 1 aliphatic heterocycles. The van der Waals surface area contributed by atoms with Crippen LogP contribution < -0.4 is 5.73 Å². The molecule has 1 fully saturated rings. The molecule has 1 heterocycles. The topological polar surface area (TPSA) is 66.6 Å². The van der Waals surface area contributed by atoms with Gasteiger partial charge in [0.1, 0.15) is 0 Å². The zero-order valence-electron chi connectivity index (χ0n) is 11.6. The maximum Gasteiger partial charge on any atom is 0.257 e. The fraction of sp³-hybridized carbons (Fsp3) is 0.500. The number of hydrogen-bond acceptors (Lipinski definition) is 3. The SMILES string of the molecule is CC(N)C1CCCN(C(=O)c2cc(F)c(F)c(O)c2F)C1. The zero-order chi connectivity index (χ0) is 15.7. The summed E-state index contributed by atoms with van der Waals surface area (Å²) < 4.78 is 40.1. The molecule has 1 aromatic carbocycles. The number of carbonyl (C=O) groups excluding carboxylic acids is 1. The maximum absolute atomic E-state index is 13.8. The number of likely N-dealkylation sites (tertiary alicyclic amines) is 1. The Balaban J connectivity index is 2.28. The number of carbonyl (C=O) groups is 1. The summed E-state index contributed by atoms with van der Waals surface area (Å²) in [6.07, 6.45) is 1.56. The molecule has 0 saturated carbocycles. The largest absolute Gasteiger partial charge is 0.503 e. The summed E-state index contributed by atoms with van der Waals surface area (Å²) in [5.74, 6) is -6.77. The molecule has 1 amide bonds. The Morgan fingerprint density at radius 2 is 2.10 bits per heavy atom. The van der Waals surface area contributed by atoms with E-state index in [0.717, 1.165) is 6.42 Å². The number of hydrogen-bond donors (Lipinski definition) is 2. The molecule has 7 heteroatoms. The van der Waals surface area contributed by atoms with Gasteiger partial charge in [0.2, 0.25) is 5.82 Å². The summed E-state index contributed by atoms with van der Waals surface area (Å²) in [6, 6.07) is 0.353. The molecular formula is C14H17F3N2O2. The zero-order valence-corrected chi connectivity index (χ0v) is 11.6. The number of halogens is 3. The van der Waals surface area contributed by atoms with Crippen molar-refractivity contribution in [1.29, 1.82) is 0 Å². The molecule has 0 aromatic heterocycles. The van der Waals surface area contributed by atoms with Crippen LogP contribution in [0.2, 0.25) is 0 Å². The normalized spacial score (nSPS) is 20.4. The molecule has 1 aromatic rings. The summed E-state index contributed by atoms with van der Waals surface area (Å²) in [5.41, 5.74) is 5.13. The van der Waals surface area contributed by atoms with Gasteiger partial charge in [-0.15, -0.1) is 0 Å². The first kappa shape index (κ1) is 15.6. The van der Waals surface area contributed by atoms with Crippen LogP contribution in [0, 0.1) is 23.4 Å². The van der Waals surface area contributed by atoms with Gasteiger partial charge in [-0.25, -0.2) is 8.78 Å². The Morgan fingerprint density at radius 3 is 2.71 bits per heavy atom. The molecule has 3 N–H and O–H groups in total. The molecule has 0 aliphatic carbocycles. The molecule has 116 valence electrons. The van der Waals surface area contributed by atoms with Crippen molar-refractivity contribution < 1.29 is 23.1 Å². The van der Waals surface area contributed by atoms with Gasteiger partial charge in [0.05, 0.1) is 5.56 Å². The highest BCUT2D eigenvalue weighted by atomic mass is 19.2. The van der Waals surface area contributed by atoms with Gasteiger partial charge in [0.15, 0.2) is 17.4 Å². The monoisotopic (exact) mass is 302 g/mol. The van der Waals surface area contributed by atoms with E-state index in [4.69, 9.17) is 5.73 Å². The summed E-state index contributed by atoms with van der Waals surface area (Å²) in [7, 11) is 0. The van der Waals surface area contributed by atoms with Crippen molar-refractivity contribution >= 4 is 5.91 Å². The number of benzene rings is 1. The van der Waals surface area contributed by atoms with Crippen LogP contribution >= 0.6 is 0 Å². The van der Waals surface area contributed by atoms with E-state index in [1.807, 2.05) is 6.92 Å². The van der Waals surface area contributed by atoms with Crippen LogP contribution in [0.4, 0.5) is 13.2 Å². The molecule has 2 unspecified atom stereocenters. The van der Waals surface area contributed by atoms with Crippen molar-refractivity contribution in [2.75, 3.05) is 13.1 Å². The van der Waals surface area contributed by atoms with Gasteiger partial charge in [-0.3, -0.25) is 4.79 Å². The molecule has 1 aliphatic rings. The van der Waals surface area contributed by atoms with Gasteiger partial charge in [0.25, 0.3) is 5.91 Å². The second-order valence-electron chi connectivity index (χ2n) is 5.40. The predicted octanol–water partition coefficient (Wildman–Crippen LogP) is 2.01. The number of piperidine rings is 1. The van der Waals surface area contributed by atoms with E-state index in [0.29, 0.717) is 25.6 Å². The second-order valence-corrected chi connectivity index (χ2v) is 5.40. The van der Waals surface area contributed by atoms with Gasteiger partial charge in [-0.05, 0) is 31.7 Å². The quantitative estimate of drug-likeness (QED) is 0.821. The molecule has 21 heavy (non-hydrogen) atoms. The molecular weight excluding hydrogens is 285 g/mol. The lowest BCUT2D eigenvalue weighted by molar-refractivity contribution is 0.0654. The molecule has 0 radical (unpaired) electrons. The number of nitrogens with two attached hydrogens (primary N) is 1. The summed E-state index contributed by atoms with van der Waals surface area (Å²) in [5, 5.41) is 9.17. The third-order valence-electron chi connectivity index (χ3n) is 3.85. The van der Waals surface area contributed by atoms with Crippen molar-refractivity contribution in [2.45, 2.75) is 25.8 Å². The first-order valence-corrected chi connectivity index (χ1v) is 6.74. The molecule has 2 atom stereocenters. The van der Waals surface area contributed by atoms with Crippen LogP contribution in [0.3, 0.4) is 0 Å². The average molecular weight is 302 g/mol. The van der Waals surface area contributed by atoms with Gasteiger partial charge in [-0.2, -0.15) is 4.39 Å². The van der Waals surface area contributed by atoms with Crippen LogP contribution in [-0.4, -0.2) is 35.0 Å². The third-order valence-corrected chi connectivity index (χ3v) is 3.85. The Kier molecular flexibility index (Phi) is 4.41. The van der Waals surface area contributed by atoms with E-state index in [2.05, 4.69) is 0 Å². The molecule has 0 bridgehead atoms. The molecule has 4 nitrogen and oxygen atoms in total. The minimum Gasteiger partial charge on any atom is -0.503 e. The lowest BCUT2D eigenvalue weighted by Gasteiger charge is -2.34. The van der Waals surface area contributed by atoms with Crippen molar-refractivity contribution in [2.24, 2.45) is 11.7 Å². The maximum atomic E-state index is 13.8. The van der Waals surface area contributed by atoms with Crippen LogP contribution in [0.15, 0.2) is 6.07 Å². The van der Waals surface area contributed by atoms with Crippen LogP contribution in [-0.2, 0) is 0 Å². The molecule has 2 rings (SSSR count). The molecule has 0 spiro atoms. The highest BCUT2D eigenvalue weighted by Gasteiger charge is 2.30. The van der Waals surface area contributed by atoms with Crippen LogP contribution in [0.5, 0.6) is 5.75 Å². The summed E-state index contributed by atoms with van der Waals surface area (Å²) >= 11 is 0. The highest BCUT2D eigenvalue weighted by molar-refractivity contribution is 5.95. The fourth-order valence-electron chi connectivity index (χ4n) is 2.54. The average Bonchev–Trinajstić information content (AvgIpc) is 2.48. The van der Waals surface area contributed by atoms with Gasteiger partial charge >= 0.3 is 0 Å². The van der Waals surface area contributed by atoms with E-state index in [1.165, 1.54) is 4.90 Å². The Hall–Kier alpha value is -1.76. The first-order valence-electron chi connectivity index (χ1n) is 6.74. The van der Waals surface area contributed by atoms with Gasteiger partial charge in [-0.1, -0.05) is 0 Å². The Morgan fingerprint density at radius 1 is 1.43 bits per heavy atom. The molecule has 1 saturated heterocycles. The van der Waals surface area contributed by atoms with Gasteiger partial charge in [0, 0.05) is 19.1 Å². The third kappa shape index (κ3) is 2.97. The van der Waals surface area contributed by atoms with Crippen molar-refractivity contribution in [1.82, 2.24) is 4.90 Å². The number of amides is 1. The lowest BCUT2D eigenvalue weighted by Crippen LogP contribution is -2.45. The van der Waals surface area contributed by atoms with Crippen LogP contribution in [0.25, 0.3) is 0 Å². The van der Waals surface area contributed by atoms with E-state index in [-0.39, 0.29) is 12.0 Å². The number of rotatable bonds is 2. The second kappa shape index (κ2) is 5.93. The highest BCUT2D eigenvalue weighted by Crippen LogP contribution is 2.28. The summed E-state index contributed by atoms with van der Waals surface area (Å²) in [4.78, 5) is 13.6. The van der Waals surface area contributed by atoms with E-state index < -0.39 is 34.7 Å². The number of phenolic OH excluding ortho intramolecular Hbond substituents is 1. The number of phenols is 1.